The van der Waals surface area contributed by atoms with E-state index in [-0.39, 0.29) is 17.8 Å². The Bertz CT molecular complexity index is 139. The molecule has 3 nitrogen and oxygen atoms in total. The van der Waals surface area contributed by atoms with Gasteiger partial charge in [-0.15, -0.1) is 0 Å². The van der Waals surface area contributed by atoms with Gasteiger partial charge in [-0.25, -0.2) is 0 Å². The zero-order valence-electron chi connectivity index (χ0n) is 7.58. The van der Waals surface area contributed by atoms with E-state index < -0.39 is 0 Å². The van der Waals surface area contributed by atoms with Gasteiger partial charge in [0.1, 0.15) is 0 Å². The minimum atomic E-state index is -0.258. The normalized spacial score (nSPS) is 15.3. The van der Waals surface area contributed by atoms with E-state index in [9.17, 15) is 4.79 Å². The van der Waals surface area contributed by atoms with Crippen LogP contribution in [0, 0.1) is 5.92 Å². The standard InChI is InChI=1S/C8H17NO2S/c1-6(3-4-10)5-9-8(11)7(2)12/h6-7,10,12H,3-5H2,1-2H3,(H,9,11). The first-order valence-electron chi connectivity index (χ1n) is 4.14. The molecule has 2 atom stereocenters. The molecule has 2 N–H and O–H groups in total. The summed E-state index contributed by atoms with van der Waals surface area (Å²) in [7, 11) is 0. The minimum Gasteiger partial charge on any atom is -0.396 e. The van der Waals surface area contributed by atoms with Gasteiger partial charge in [0, 0.05) is 13.2 Å². The molecule has 0 heterocycles. The second-order valence-electron chi connectivity index (χ2n) is 3.04. The number of carbonyl (C=O) groups excluding carboxylic acids is 1. The maximum Gasteiger partial charge on any atom is 0.232 e. The highest BCUT2D eigenvalue weighted by molar-refractivity contribution is 7.81. The van der Waals surface area contributed by atoms with Crippen LogP contribution in [0.15, 0.2) is 0 Å². The van der Waals surface area contributed by atoms with E-state index in [1.54, 1.807) is 6.92 Å². The summed E-state index contributed by atoms with van der Waals surface area (Å²) in [4.78, 5) is 11.0. The fourth-order valence-corrected chi connectivity index (χ4v) is 0.836. The molecule has 0 fully saturated rings. The summed E-state index contributed by atoms with van der Waals surface area (Å²) in [5.74, 6) is 0.272. The lowest BCUT2D eigenvalue weighted by Crippen LogP contribution is -2.33. The van der Waals surface area contributed by atoms with Gasteiger partial charge in [0.25, 0.3) is 0 Å². The molecular weight excluding hydrogens is 174 g/mol. The lowest BCUT2D eigenvalue weighted by molar-refractivity contribution is -0.120. The molecule has 0 radical (unpaired) electrons. The lowest BCUT2D eigenvalue weighted by atomic mass is 10.1. The van der Waals surface area contributed by atoms with Crippen LogP contribution in [0.25, 0.3) is 0 Å². The monoisotopic (exact) mass is 191 g/mol. The van der Waals surface area contributed by atoms with Crippen molar-refractivity contribution in [2.75, 3.05) is 13.2 Å². The number of amides is 1. The summed E-state index contributed by atoms with van der Waals surface area (Å²) >= 11 is 3.99. The third kappa shape index (κ3) is 5.43. The van der Waals surface area contributed by atoms with Crippen molar-refractivity contribution in [3.8, 4) is 0 Å². The van der Waals surface area contributed by atoms with Gasteiger partial charge in [-0.2, -0.15) is 12.6 Å². The maximum atomic E-state index is 11.0. The summed E-state index contributed by atoms with van der Waals surface area (Å²) in [6.45, 7) is 4.51. The number of thiol groups is 1. The molecule has 2 unspecified atom stereocenters. The van der Waals surface area contributed by atoms with Crippen LogP contribution in [-0.2, 0) is 4.79 Å². The molecule has 0 aliphatic heterocycles. The van der Waals surface area contributed by atoms with Crippen LogP contribution in [0.2, 0.25) is 0 Å². The highest BCUT2D eigenvalue weighted by Gasteiger charge is 2.08. The van der Waals surface area contributed by atoms with Crippen molar-refractivity contribution < 1.29 is 9.90 Å². The summed E-state index contributed by atoms with van der Waals surface area (Å²) in [5, 5.41) is 11.1. The molecule has 0 saturated carbocycles. The molecule has 0 aromatic carbocycles. The predicted octanol–water partition coefficient (Wildman–Crippen LogP) is 0.439. The Balaban J connectivity index is 3.47. The Morgan fingerprint density at radius 1 is 1.58 bits per heavy atom. The quantitative estimate of drug-likeness (QED) is 0.552. The highest BCUT2D eigenvalue weighted by Crippen LogP contribution is 1.99. The van der Waals surface area contributed by atoms with Gasteiger partial charge in [-0.05, 0) is 19.3 Å². The van der Waals surface area contributed by atoms with Crippen LogP contribution in [0.1, 0.15) is 20.3 Å². The Morgan fingerprint density at radius 3 is 2.58 bits per heavy atom. The molecule has 0 rings (SSSR count). The molecule has 0 aromatic heterocycles. The molecule has 12 heavy (non-hydrogen) atoms. The fourth-order valence-electron chi connectivity index (χ4n) is 0.745. The molecule has 0 aliphatic carbocycles. The Hall–Kier alpha value is -0.220. The smallest absolute Gasteiger partial charge is 0.232 e. The summed E-state index contributed by atoms with van der Waals surface area (Å²) in [6, 6.07) is 0. The molecule has 0 saturated heterocycles. The average molecular weight is 191 g/mol. The van der Waals surface area contributed by atoms with Crippen LogP contribution < -0.4 is 5.32 Å². The second-order valence-corrected chi connectivity index (χ2v) is 3.81. The van der Waals surface area contributed by atoms with Crippen LogP contribution in [-0.4, -0.2) is 29.4 Å². The SMILES string of the molecule is CC(CCO)CNC(=O)C(C)S. The number of carbonyl (C=O) groups is 1. The van der Waals surface area contributed by atoms with Gasteiger partial charge in [-0.1, -0.05) is 6.92 Å². The van der Waals surface area contributed by atoms with Gasteiger partial charge in [0.05, 0.1) is 5.25 Å². The van der Waals surface area contributed by atoms with Gasteiger partial charge in [0.15, 0.2) is 0 Å². The van der Waals surface area contributed by atoms with Crippen LogP contribution >= 0.6 is 12.6 Å². The molecule has 4 heteroatoms. The maximum absolute atomic E-state index is 11.0. The van der Waals surface area contributed by atoms with Gasteiger partial charge >= 0.3 is 0 Å². The number of nitrogens with one attached hydrogen (secondary N) is 1. The minimum absolute atomic E-state index is 0.0527. The van der Waals surface area contributed by atoms with Crippen molar-refractivity contribution in [1.82, 2.24) is 5.32 Å². The van der Waals surface area contributed by atoms with Crippen LogP contribution in [0.5, 0.6) is 0 Å². The number of hydrogen-bond acceptors (Lipinski definition) is 3. The largest absolute Gasteiger partial charge is 0.396 e. The third-order valence-corrected chi connectivity index (χ3v) is 1.86. The average Bonchev–Trinajstić information content (AvgIpc) is 2.00. The molecular formula is C8H17NO2S. The van der Waals surface area contributed by atoms with E-state index in [2.05, 4.69) is 17.9 Å². The van der Waals surface area contributed by atoms with Gasteiger partial charge < -0.3 is 10.4 Å². The van der Waals surface area contributed by atoms with Crippen molar-refractivity contribution in [1.29, 1.82) is 0 Å². The van der Waals surface area contributed by atoms with E-state index >= 15 is 0 Å². The number of rotatable bonds is 5. The number of aliphatic hydroxyl groups excluding tert-OH is 1. The van der Waals surface area contributed by atoms with E-state index in [0.717, 1.165) is 6.42 Å². The first-order valence-corrected chi connectivity index (χ1v) is 4.66. The van der Waals surface area contributed by atoms with E-state index in [0.29, 0.717) is 12.5 Å². The highest BCUT2D eigenvalue weighted by atomic mass is 32.1. The van der Waals surface area contributed by atoms with E-state index in [1.165, 1.54) is 0 Å². The van der Waals surface area contributed by atoms with E-state index in [1.807, 2.05) is 6.92 Å². The van der Waals surface area contributed by atoms with Gasteiger partial charge in [0.2, 0.25) is 5.91 Å². The topological polar surface area (TPSA) is 49.3 Å². The molecule has 0 aromatic rings. The molecule has 72 valence electrons. The first kappa shape index (κ1) is 11.8. The zero-order valence-corrected chi connectivity index (χ0v) is 8.47. The summed E-state index contributed by atoms with van der Waals surface area (Å²) in [6.07, 6.45) is 0.723. The molecule has 0 bridgehead atoms. The van der Waals surface area contributed by atoms with Crippen LogP contribution in [0.3, 0.4) is 0 Å². The Morgan fingerprint density at radius 2 is 2.17 bits per heavy atom. The van der Waals surface area contributed by atoms with Crippen molar-refractivity contribution in [2.45, 2.75) is 25.5 Å². The number of hydrogen-bond donors (Lipinski definition) is 3. The van der Waals surface area contributed by atoms with E-state index in [4.69, 9.17) is 5.11 Å². The van der Waals surface area contributed by atoms with Crippen molar-refractivity contribution >= 4 is 18.5 Å². The first-order chi connectivity index (χ1) is 5.57. The lowest BCUT2D eigenvalue weighted by Gasteiger charge is -2.11. The fraction of sp³-hybridized carbons (Fsp3) is 0.875. The Kier molecular flexibility index (Phi) is 6.20. The summed E-state index contributed by atoms with van der Waals surface area (Å²) < 4.78 is 0. The third-order valence-electron chi connectivity index (χ3n) is 1.63. The van der Waals surface area contributed by atoms with Crippen molar-refractivity contribution in [3.05, 3.63) is 0 Å². The molecule has 0 aliphatic rings. The Labute approximate surface area is 79.0 Å². The van der Waals surface area contributed by atoms with Crippen LogP contribution in [0.4, 0.5) is 0 Å². The van der Waals surface area contributed by atoms with Crippen molar-refractivity contribution in [2.24, 2.45) is 5.92 Å². The van der Waals surface area contributed by atoms with Gasteiger partial charge in [-0.3, -0.25) is 4.79 Å². The summed E-state index contributed by atoms with van der Waals surface area (Å²) in [5.41, 5.74) is 0. The second kappa shape index (κ2) is 6.31. The van der Waals surface area contributed by atoms with Crippen molar-refractivity contribution in [3.63, 3.8) is 0 Å². The number of aliphatic hydroxyl groups is 1. The predicted molar refractivity (Wildman–Crippen MR) is 52.3 cm³/mol. The zero-order chi connectivity index (χ0) is 9.56. The molecule has 1 amide bonds. The molecule has 0 spiro atoms.